The summed E-state index contributed by atoms with van der Waals surface area (Å²) in [5, 5.41) is 3.00. The van der Waals surface area contributed by atoms with Gasteiger partial charge >= 0.3 is 0 Å². The first kappa shape index (κ1) is 14.9. The number of rotatable bonds is 5. The van der Waals surface area contributed by atoms with Gasteiger partial charge in [0.15, 0.2) is 12.3 Å². The van der Waals surface area contributed by atoms with Gasteiger partial charge in [-0.3, -0.25) is 4.79 Å². The third-order valence-electron chi connectivity index (χ3n) is 4.12. The van der Waals surface area contributed by atoms with Crippen LogP contribution in [0.15, 0.2) is 34.7 Å². The van der Waals surface area contributed by atoms with E-state index in [-0.39, 0.29) is 5.91 Å². The highest BCUT2D eigenvalue weighted by atomic mass is 16.3. The minimum Gasteiger partial charge on any atom is -0.460 e. The minimum atomic E-state index is 0.0405. The number of carbonyl (C=O) groups is 1. The fourth-order valence-corrected chi connectivity index (χ4v) is 3.07. The number of aryl methyl sites for hydroxylation is 3. The fraction of sp³-hybridized carbons (Fsp3) is 0.389. The normalized spacial score (nSPS) is 14.6. The highest BCUT2D eigenvalue weighted by Gasteiger charge is 2.15. The van der Waals surface area contributed by atoms with E-state index in [1.165, 1.54) is 24.0 Å². The van der Waals surface area contributed by atoms with Crippen LogP contribution in [0.3, 0.4) is 0 Å². The highest BCUT2D eigenvalue weighted by molar-refractivity contribution is 5.91. The number of amides is 1. The molecule has 1 atom stereocenters. The van der Waals surface area contributed by atoms with Gasteiger partial charge < -0.3 is 14.6 Å². The Bertz CT molecular complexity index is 675. The monoisotopic (exact) mass is 299 g/mol. The molecule has 2 N–H and O–H groups in total. The molecule has 116 valence electrons. The number of quaternary nitrogens is 1. The number of nitrogens with one attached hydrogen (secondary N) is 2. The number of hydrogen-bond donors (Lipinski definition) is 2. The maximum atomic E-state index is 12.2. The van der Waals surface area contributed by atoms with Crippen LogP contribution in [0.5, 0.6) is 0 Å². The zero-order chi connectivity index (χ0) is 15.5. The molecule has 0 aliphatic heterocycles. The Morgan fingerprint density at radius 2 is 2.05 bits per heavy atom. The summed E-state index contributed by atoms with van der Waals surface area (Å²) in [6.07, 6.45) is 3.52. The maximum Gasteiger partial charge on any atom is 0.279 e. The van der Waals surface area contributed by atoms with E-state index in [9.17, 15) is 4.79 Å². The Kier molecular flexibility index (Phi) is 4.29. The fourth-order valence-electron chi connectivity index (χ4n) is 3.07. The van der Waals surface area contributed by atoms with E-state index >= 15 is 0 Å². The number of hydrogen-bond acceptors (Lipinski definition) is 2. The van der Waals surface area contributed by atoms with E-state index in [2.05, 4.69) is 17.4 Å². The number of furan rings is 1. The average Bonchev–Trinajstić information content (AvgIpc) is 3.06. The molecule has 0 fully saturated rings. The minimum absolute atomic E-state index is 0.0405. The summed E-state index contributed by atoms with van der Waals surface area (Å²) in [5.74, 6) is 1.87. The second kappa shape index (κ2) is 6.36. The van der Waals surface area contributed by atoms with E-state index in [1.54, 1.807) is 0 Å². The molecule has 4 nitrogen and oxygen atoms in total. The van der Waals surface area contributed by atoms with Gasteiger partial charge in [0.2, 0.25) is 0 Å². The summed E-state index contributed by atoms with van der Waals surface area (Å²) in [6, 6.07) is 10.2. The Morgan fingerprint density at radius 3 is 2.82 bits per heavy atom. The van der Waals surface area contributed by atoms with Crippen LogP contribution in [0.25, 0.3) is 0 Å². The summed E-state index contributed by atoms with van der Waals surface area (Å²) in [4.78, 5) is 13.3. The van der Waals surface area contributed by atoms with Gasteiger partial charge in [-0.05, 0) is 61.6 Å². The second-order valence-corrected chi connectivity index (χ2v) is 6.21. The first-order chi connectivity index (χ1) is 10.6. The molecule has 0 saturated carbocycles. The third-order valence-corrected chi connectivity index (χ3v) is 4.12. The van der Waals surface area contributed by atoms with E-state index in [0.29, 0.717) is 13.1 Å². The Morgan fingerprint density at radius 1 is 1.23 bits per heavy atom. The van der Waals surface area contributed by atoms with Crippen molar-refractivity contribution in [3.05, 3.63) is 53.0 Å². The SMILES string of the molecule is Cc1ccc(C[NH+](C)CC(=O)Nc2ccc3c(c2)CCC3)o1. The summed E-state index contributed by atoms with van der Waals surface area (Å²) < 4.78 is 5.55. The molecule has 3 rings (SSSR count). The molecular formula is C18H23N2O2+. The topological polar surface area (TPSA) is 46.7 Å². The summed E-state index contributed by atoms with van der Waals surface area (Å²) in [5.41, 5.74) is 3.71. The van der Waals surface area contributed by atoms with Gasteiger partial charge in [0.1, 0.15) is 12.3 Å². The van der Waals surface area contributed by atoms with Crippen molar-refractivity contribution in [1.82, 2.24) is 0 Å². The molecule has 1 heterocycles. The highest BCUT2D eigenvalue weighted by Crippen LogP contribution is 2.24. The van der Waals surface area contributed by atoms with Crippen molar-refractivity contribution < 1.29 is 14.1 Å². The van der Waals surface area contributed by atoms with Gasteiger partial charge in [0.05, 0.1) is 7.05 Å². The van der Waals surface area contributed by atoms with Gasteiger partial charge in [-0.25, -0.2) is 0 Å². The molecule has 0 bridgehead atoms. The molecule has 0 radical (unpaired) electrons. The van der Waals surface area contributed by atoms with Crippen LogP contribution in [0, 0.1) is 6.92 Å². The lowest BCUT2D eigenvalue weighted by Crippen LogP contribution is -3.08. The molecule has 0 saturated heterocycles. The summed E-state index contributed by atoms with van der Waals surface area (Å²) in [6.45, 7) is 3.07. The molecule has 2 aromatic rings. The summed E-state index contributed by atoms with van der Waals surface area (Å²) >= 11 is 0. The van der Waals surface area contributed by atoms with E-state index in [0.717, 1.165) is 28.5 Å². The van der Waals surface area contributed by atoms with Crippen molar-refractivity contribution in [2.75, 3.05) is 18.9 Å². The van der Waals surface area contributed by atoms with Crippen LogP contribution >= 0.6 is 0 Å². The molecule has 1 aromatic carbocycles. The number of likely N-dealkylation sites (N-methyl/N-ethyl adjacent to an activating group) is 1. The summed E-state index contributed by atoms with van der Waals surface area (Å²) in [7, 11) is 2.00. The Balaban J connectivity index is 1.53. The van der Waals surface area contributed by atoms with Gasteiger partial charge in [-0.2, -0.15) is 0 Å². The average molecular weight is 299 g/mol. The first-order valence-corrected chi connectivity index (χ1v) is 7.88. The molecule has 1 amide bonds. The van der Waals surface area contributed by atoms with Crippen LogP contribution in [0.4, 0.5) is 5.69 Å². The van der Waals surface area contributed by atoms with Crippen molar-refractivity contribution >= 4 is 11.6 Å². The van der Waals surface area contributed by atoms with Crippen LogP contribution in [0.1, 0.15) is 29.1 Å². The predicted molar refractivity (Wildman–Crippen MR) is 86.0 cm³/mol. The van der Waals surface area contributed by atoms with E-state index < -0.39 is 0 Å². The lowest BCUT2D eigenvalue weighted by atomic mass is 10.1. The van der Waals surface area contributed by atoms with Gasteiger partial charge in [-0.15, -0.1) is 0 Å². The van der Waals surface area contributed by atoms with Crippen LogP contribution in [-0.4, -0.2) is 19.5 Å². The predicted octanol–water partition coefficient (Wildman–Crippen LogP) is 1.73. The Labute approximate surface area is 131 Å². The van der Waals surface area contributed by atoms with Crippen LogP contribution in [0.2, 0.25) is 0 Å². The van der Waals surface area contributed by atoms with E-state index in [1.807, 2.05) is 32.2 Å². The molecule has 0 spiro atoms. The smallest absolute Gasteiger partial charge is 0.279 e. The molecule has 1 aromatic heterocycles. The van der Waals surface area contributed by atoms with E-state index in [4.69, 9.17) is 4.42 Å². The standard InChI is InChI=1S/C18H22N2O2/c1-13-6-9-17(22-13)11-20(2)12-18(21)19-16-8-7-14-4-3-5-15(14)10-16/h6-10H,3-5,11-12H2,1-2H3,(H,19,21)/p+1. The number of carbonyl (C=O) groups excluding carboxylic acids is 1. The van der Waals surface area contributed by atoms with Gasteiger partial charge in [0, 0.05) is 5.69 Å². The van der Waals surface area contributed by atoms with Crippen LogP contribution in [-0.2, 0) is 24.2 Å². The third kappa shape index (κ3) is 3.57. The number of fused-ring (bicyclic) bond motifs is 1. The lowest BCUT2D eigenvalue weighted by Gasteiger charge is -2.13. The van der Waals surface area contributed by atoms with Gasteiger partial charge in [-0.1, -0.05) is 6.07 Å². The zero-order valence-corrected chi connectivity index (χ0v) is 13.2. The van der Waals surface area contributed by atoms with Gasteiger partial charge in [0.25, 0.3) is 5.91 Å². The molecule has 1 aliphatic rings. The van der Waals surface area contributed by atoms with Crippen LogP contribution < -0.4 is 10.2 Å². The number of anilines is 1. The number of benzene rings is 1. The first-order valence-electron chi connectivity index (χ1n) is 7.88. The lowest BCUT2D eigenvalue weighted by molar-refractivity contribution is -0.886. The van der Waals surface area contributed by atoms with Crippen molar-refractivity contribution in [3.8, 4) is 0 Å². The van der Waals surface area contributed by atoms with Crippen molar-refractivity contribution in [3.63, 3.8) is 0 Å². The van der Waals surface area contributed by atoms with Crippen molar-refractivity contribution in [1.29, 1.82) is 0 Å². The second-order valence-electron chi connectivity index (χ2n) is 6.21. The zero-order valence-electron chi connectivity index (χ0n) is 13.2. The largest absolute Gasteiger partial charge is 0.460 e. The Hall–Kier alpha value is -2.07. The van der Waals surface area contributed by atoms with Crippen molar-refractivity contribution in [2.24, 2.45) is 0 Å². The molecular weight excluding hydrogens is 276 g/mol. The maximum absolute atomic E-state index is 12.2. The molecule has 1 aliphatic carbocycles. The molecule has 22 heavy (non-hydrogen) atoms. The molecule has 1 unspecified atom stereocenters. The van der Waals surface area contributed by atoms with Crippen molar-refractivity contribution in [2.45, 2.75) is 32.7 Å². The quantitative estimate of drug-likeness (QED) is 0.883. The molecule has 4 heteroatoms.